The van der Waals surface area contributed by atoms with Crippen molar-refractivity contribution in [2.24, 2.45) is 0 Å². The zero-order valence-corrected chi connectivity index (χ0v) is 18.5. The maximum atomic E-state index is 12.9. The SMILES string of the molecule is CCCNC(=O)NC(=O)COC(=O)c1cc(S(=O)(=O)N(C)c2ccccc2)ccc1Cl. The Balaban J connectivity index is 2.12. The van der Waals surface area contributed by atoms with Gasteiger partial charge in [0.1, 0.15) is 0 Å². The van der Waals surface area contributed by atoms with E-state index in [1.165, 1.54) is 19.2 Å². The second kappa shape index (κ2) is 10.8. The second-order valence-electron chi connectivity index (χ2n) is 6.33. The van der Waals surface area contributed by atoms with Crippen molar-refractivity contribution in [3.8, 4) is 0 Å². The van der Waals surface area contributed by atoms with Crippen LogP contribution in [0.15, 0.2) is 53.4 Å². The fourth-order valence-electron chi connectivity index (χ4n) is 2.41. The van der Waals surface area contributed by atoms with Crippen molar-refractivity contribution in [1.82, 2.24) is 10.6 Å². The lowest BCUT2D eigenvalue weighted by Gasteiger charge is -2.20. The number of imide groups is 1. The molecule has 0 unspecified atom stereocenters. The van der Waals surface area contributed by atoms with Crippen molar-refractivity contribution >= 4 is 45.2 Å². The second-order valence-corrected chi connectivity index (χ2v) is 8.71. The number of benzene rings is 2. The molecule has 2 rings (SSSR count). The molecule has 0 aliphatic carbocycles. The van der Waals surface area contributed by atoms with Crippen molar-refractivity contribution in [3.05, 3.63) is 59.1 Å². The van der Waals surface area contributed by atoms with Crippen molar-refractivity contribution in [2.75, 3.05) is 24.5 Å². The van der Waals surface area contributed by atoms with Gasteiger partial charge in [0.05, 0.1) is 21.2 Å². The largest absolute Gasteiger partial charge is 0.452 e. The number of hydrogen-bond acceptors (Lipinski definition) is 6. The van der Waals surface area contributed by atoms with Crippen LogP contribution in [0.5, 0.6) is 0 Å². The molecule has 0 aromatic heterocycles. The zero-order chi connectivity index (χ0) is 23.0. The highest BCUT2D eigenvalue weighted by Crippen LogP contribution is 2.26. The van der Waals surface area contributed by atoms with Gasteiger partial charge in [0.15, 0.2) is 6.61 Å². The van der Waals surface area contributed by atoms with E-state index in [1.54, 1.807) is 30.3 Å². The van der Waals surface area contributed by atoms with Gasteiger partial charge in [0.25, 0.3) is 15.9 Å². The number of carbonyl (C=O) groups is 3. The number of nitrogens with one attached hydrogen (secondary N) is 2. The molecule has 2 N–H and O–H groups in total. The Morgan fingerprint density at radius 1 is 1.10 bits per heavy atom. The number of hydrogen-bond donors (Lipinski definition) is 2. The Morgan fingerprint density at radius 2 is 1.77 bits per heavy atom. The van der Waals surface area contributed by atoms with Gasteiger partial charge in [-0.05, 0) is 36.8 Å². The lowest BCUT2D eigenvalue weighted by Crippen LogP contribution is -2.41. The van der Waals surface area contributed by atoms with Gasteiger partial charge in [-0.25, -0.2) is 18.0 Å². The maximum Gasteiger partial charge on any atom is 0.340 e. The quantitative estimate of drug-likeness (QED) is 0.575. The minimum atomic E-state index is -3.99. The Kier molecular flexibility index (Phi) is 8.40. The van der Waals surface area contributed by atoms with E-state index in [-0.39, 0.29) is 15.5 Å². The van der Waals surface area contributed by atoms with Crippen molar-refractivity contribution < 1.29 is 27.5 Å². The number of para-hydroxylation sites is 1. The molecule has 31 heavy (non-hydrogen) atoms. The molecule has 0 saturated carbocycles. The van der Waals surface area contributed by atoms with E-state index < -0.39 is 34.5 Å². The first-order chi connectivity index (χ1) is 14.7. The molecule has 0 fully saturated rings. The lowest BCUT2D eigenvalue weighted by atomic mass is 10.2. The Labute approximate surface area is 185 Å². The average molecular weight is 468 g/mol. The highest BCUT2D eigenvalue weighted by atomic mass is 35.5. The summed E-state index contributed by atoms with van der Waals surface area (Å²) in [7, 11) is -2.61. The molecule has 2 aromatic carbocycles. The monoisotopic (exact) mass is 467 g/mol. The van der Waals surface area contributed by atoms with Crippen LogP contribution in [0.2, 0.25) is 5.02 Å². The fraction of sp³-hybridized carbons (Fsp3) is 0.250. The minimum absolute atomic E-state index is 0.0487. The number of rotatable bonds is 8. The van der Waals surface area contributed by atoms with Crippen molar-refractivity contribution in [3.63, 3.8) is 0 Å². The highest BCUT2D eigenvalue weighted by molar-refractivity contribution is 7.92. The molecule has 11 heteroatoms. The topological polar surface area (TPSA) is 122 Å². The summed E-state index contributed by atoms with van der Waals surface area (Å²) in [6.07, 6.45) is 0.688. The molecule has 0 atom stereocenters. The summed E-state index contributed by atoms with van der Waals surface area (Å²) in [5.74, 6) is -1.85. The van der Waals surface area contributed by atoms with Gasteiger partial charge < -0.3 is 10.1 Å². The maximum absolute atomic E-state index is 12.9. The highest BCUT2D eigenvalue weighted by Gasteiger charge is 2.24. The summed E-state index contributed by atoms with van der Waals surface area (Å²) in [4.78, 5) is 35.3. The number of amides is 3. The molecule has 0 heterocycles. The molecule has 2 aromatic rings. The van der Waals surface area contributed by atoms with E-state index in [4.69, 9.17) is 16.3 Å². The number of carbonyl (C=O) groups excluding carboxylic acids is 3. The van der Waals surface area contributed by atoms with Crippen LogP contribution in [0, 0.1) is 0 Å². The first kappa shape index (κ1) is 24.2. The van der Waals surface area contributed by atoms with Gasteiger partial charge in [-0.3, -0.25) is 14.4 Å². The van der Waals surface area contributed by atoms with Gasteiger partial charge in [-0.15, -0.1) is 0 Å². The van der Waals surface area contributed by atoms with Crippen LogP contribution in [0.1, 0.15) is 23.7 Å². The molecule has 9 nitrogen and oxygen atoms in total. The predicted molar refractivity (Wildman–Crippen MR) is 116 cm³/mol. The molecule has 166 valence electrons. The van der Waals surface area contributed by atoms with E-state index in [0.717, 1.165) is 10.4 Å². The average Bonchev–Trinajstić information content (AvgIpc) is 2.76. The summed E-state index contributed by atoms with van der Waals surface area (Å²) in [5, 5.41) is 4.39. The minimum Gasteiger partial charge on any atom is -0.452 e. The van der Waals surface area contributed by atoms with Crippen molar-refractivity contribution in [2.45, 2.75) is 18.2 Å². The van der Waals surface area contributed by atoms with Gasteiger partial charge in [-0.2, -0.15) is 0 Å². The van der Waals surface area contributed by atoms with Crippen LogP contribution in [-0.4, -0.2) is 46.5 Å². The molecular formula is C20H22ClN3O6S. The van der Waals surface area contributed by atoms with E-state index in [9.17, 15) is 22.8 Å². The number of sulfonamides is 1. The van der Waals surface area contributed by atoms with Crippen LogP contribution in [-0.2, 0) is 19.6 Å². The number of nitrogens with zero attached hydrogens (tertiary/aromatic N) is 1. The summed E-state index contributed by atoms with van der Waals surface area (Å²) in [6, 6.07) is 11.3. The molecule has 0 radical (unpaired) electrons. The standard InChI is InChI=1S/C20H22ClN3O6S/c1-3-11-22-20(27)23-18(25)13-30-19(26)16-12-15(9-10-17(16)21)31(28,29)24(2)14-7-5-4-6-8-14/h4-10,12H,3,11,13H2,1-2H3,(H2,22,23,25,27). The van der Waals surface area contributed by atoms with Crippen LogP contribution in [0.4, 0.5) is 10.5 Å². The molecule has 0 aliphatic rings. The van der Waals surface area contributed by atoms with Crippen LogP contribution in [0.3, 0.4) is 0 Å². The Morgan fingerprint density at radius 3 is 2.42 bits per heavy atom. The van der Waals surface area contributed by atoms with Gasteiger partial charge in [-0.1, -0.05) is 36.7 Å². The third-order valence-electron chi connectivity index (χ3n) is 4.06. The summed E-state index contributed by atoms with van der Waals surface area (Å²) in [5.41, 5.74) is 0.201. The van der Waals surface area contributed by atoms with Crippen LogP contribution >= 0.6 is 11.6 Å². The zero-order valence-electron chi connectivity index (χ0n) is 16.9. The van der Waals surface area contributed by atoms with E-state index in [1.807, 2.05) is 12.2 Å². The van der Waals surface area contributed by atoms with Gasteiger partial charge in [0.2, 0.25) is 0 Å². The van der Waals surface area contributed by atoms with Gasteiger partial charge >= 0.3 is 12.0 Å². The number of halogens is 1. The third kappa shape index (κ3) is 6.43. The third-order valence-corrected chi connectivity index (χ3v) is 6.17. The Hall–Kier alpha value is -3.11. The predicted octanol–water partition coefficient (Wildman–Crippen LogP) is 2.56. The van der Waals surface area contributed by atoms with E-state index in [2.05, 4.69) is 5.32 Å². The molecular weight excluding hydrogens is 446 g/mol. The van der Waals surface area contributed by atoms with E-state index in [0.29, 0.717) is 18.7 Å². The molecule has 0 spiro atoms. The summed E-state index contributed by atoms with van der Waals surface area (Å²) in [6.45, 7) is 1.49. The lowest BCUT2D eigenvalue weighted by molar-refractivity contribution is -0.123. The van der Waals surface area contributed by atoms with Crippen LogP contribution in [0.25, 0.3) is 0 Å². The van der Waals surface area contributed by atoms with Gasteiger partial charge in [0, 0.05) is 13.6 Å². The first-order valence-corrected chi connectivity index (χ1v) is 11.1. The fourth-order valence-corrected chi connectivity index (χ4v) is 3.83. The van der Waals surface area contributed by atoms with E-state index >= 15 is 0 Å². The number of urea groups is 1. The molecule has 0 bridgehead atoms. The number of anilines is 1. The molecule has 3 amide bonds. The van der Waals surface area contributed by atoms with Crippen molar-refractivity contribution in [1.29, 1.82) is 0 Å². The first-order valence-electron chi connectivity index (χ1n) is 9.25. The number of esters is 1. The van der Waals surface area contributed by atoms with Crippen LogP contribution < -0.4 is 14.9 Å². The molecule has 0 saturated heterocycles. The summed E-state index contributed by atoms with van der Waals surface area (Å²) < 4.78 is 31.8. The normalized spacial score (nSPS) is 10.8. The smallest absolute Gasteiger partial charge is 0.340 e. The Bertz CT molecular complexity index is 1060. The summed E-state index contributed by atoms with van der Waals surface area (Å²) >= 11 is 6.02. The molecule has 0 aliphatic heterocycles. The number of ether oxygens (including phenoxy) is 1.